The fraction of sp³-hybridized carbons (Fsp3) is 0.158. The van der Waals surface area contributed by atoms with E-state index < -0.39 is 0 Å². The molecule has 25 heavy (non-hydrogen) atoms. The molecule has 0 bridgehead atoms. The smallest absolute Gasteiger partial charge is 0.258 e. The molecule has 0 saturated carbocycles. The Morgan fingerprint density at radius 3 is 2.56 bits per heavy atom. The number of rotatable bonds is 5. The van der Waals surface area contributed by atoms with E-state index >= 15 is 0 Å². The van der Waals surface area contributed by atoms with Gasteiger partial charge in [-0.25, -0.2) is 4.98 Å². The molecule has 1 heterocycles. The molecular weight excluding hydrogens is 352 g/mol. The van der Waals surface area contributed by atoms with E-state index in [0.717, 1.165) is 26.8 Å². The fourth-order valence-corrected chi connectivity index (χ4v) is 3.89. The zero-order chi connectivity index (χ0) is 17.8. The number of thioether (sulfide) groups is 1. The minimum atomic E-state index is -0.139. The predicted molar refractivity (Wildman–Crippen MR) is 105 cm³/mol. The highest BCUT2D eigenvalue weighted by molar-refractivity contribution is 7.98. The Hall–Kier alpha value is -2.31. The summed E-state index contributed by atoms with van der Waals surface area (Å²) in [5, 5.41) is 3.52. The third kappa shape index (κ3) is 3.86. The summed E-state index contributed by atoms with van der Waals surface area (Å²) in [6.45, 7) is 2.00. The highest BCUT2D eigenvalue weighted by atomic mass is 32.2. The molecule has 1 amide bonds. The van der Waals surface area contributed by atoms with Crippen LogP contribution in [0.25, 0.3) is 11.3 Å². The second-order valence-corrected chi connectivity index (χ2v) is 7.36. The largest absolute Gasteiger partial charge is 0.497 e. The van der Waals surface area contributed by atoms with E-state index in [2.05, 4.69) is 10.3 Å². The van der Waals surface area contributed by atoms with Gasteiger partial charge in [-0.1, -0.05) is 12.1 Å². The zero-order valence-corrected chi connectivity index (χ0v) is 15.8. The van der Waals surface area contributed by atoms with E-state index in [-0.39, 0.29) is 5.91 Å². The number of anilines is 1. The Morgan fingerprint density at radius 1 is 1.16 bits per heavy atom. The van der Waals surface area contributed by atoms with Crippen LogP contribution in [0, 0.1) is 6.92 Å². The van der Waals surface area contributed by atoms with Gasteiger partial charge in [0.25, 0.3) is 5.91 Å². The highest BCUT2D eigenvalue weighted by Gasteiger charge is 2.15. The van der Waals surface area contributed by atoms with Gasteiger partial charge in [-0.3, -0.25) is 10.1 Å². The molecule has 0 atom stereocenters. The average molecular weight is 370 g/mol. The number of nitrogens with one attached hydrogen (secondary N) is 1. The minimum absolute atomic E-state index is 0.139. The molecule has 0 spiro atoms. The van der Waals surface area contributed by atoms with Gasteiger partial charge >= 0.3 is 0 Å². The summed E-state index contributed by atoms with van der Waals surface area (Å²) in [4.78, 5) is 19.2. The van der Waals surface area contributed by atoms with E-state index in [1.165, 1.54) is 11.3 Å². The Kier molecular flexibility index (Phi) is 5.40. The maximum absolute atomic E-state index is 12.6. The van der Waals surface area contributed by atoms with Crippen molar-refractivity contribution in [1.29, 1.82) is 0 Å². The molecular formula is C19H18N2O2S2. The topological polar surface area (TPSA) is 51.2 Å². The highest BCUT2D eigenvalue weighted by Crippen LogP contribution is 2.32. The third-order valence-electron chi connectivity index (χ3n) is 3.73. The summed E-state index contributed by atoms with van der Waals surface area (Å²) in [6, 6.07) is 15.3. The summed E-state index contributed by atoms with van der Waals surface area (Å²) < 4.78 is 5.19. The molecule has 0 saturated heterocycles. The molecule has 2 aromatic carbocycles. The van der Waals surface area contributed by atoms with E-state index in [0.29, 0.717) is 10.7 Å². The number of benzene rings is 2. The summed E-state index contributed by atoms with van der Waals surface area (Å²) in [7, 11) is 1.64. The number of nitrogens with zero attached hydrogens (tertiary/aromatic N) is 1. The van der Waals surface area contributed by atoms with Crippen LogP contribution in [-0.4, -0.2) is 24.3 Å². The molecule has 1 N–H and O–H groups in total. The number of aryl methyl sites for hydroxylation is 1. The molecule has 128 valence electrons. The van der Waals surface area contributed by atoms with Crippen molar-refractivity contribution in [3.63, 3.8) is 0 Å². The van der Waals surface area contributed by atoms with Crippen molar-refractivity contribution in [3.8, 4) is 17.0 Å². The standard InChI is InChI=1S/C19H18N2O2S2/c1-12-17(13-8-10-14(23-2)11-9-13)20-19(25-12)21-18(22)15-6-4-5-7-16(15)24-3/h4-11H,1-3H3,(H,20,21,22). The SMILES string of the molecule is COc1ccc(-c2nc(NC(=O)c3ccccc3SC)sc2C)cc1. The van der Waals surface area contributed by atoms with Gasteiger partial charge in [0.1, 0.15) is 5.75 Å². The predicted octanol–water partition coefficient (Wildman–Crippen LogP) is 5.10. The second-order valence-electron chi connectivity index (χ2n) is 5.31. The Morgan fingerprint density at radius 2 is 1.88 bits per heavy atom. The molecule has 0 aliphatic heterocycles. The molecule has 3 aromatic rings. The monoisotopic (exact) mass is 370 g/mol. The summed E-state index contributed by atoms with van der Waals surface area (Å²) in [5.41, 5.74) is 2.54. The van der Waals surface area contributed by atoms with Crippen LogP contribution in [0.3, 0.4) is 0 Å². The Labute approximate surface area is 155 Å². The number of aromatic nitrogens is 1. The molecule has 0 aliphatic carbocycles. The number of thiazole rings is 1. The lowest BCUT2D eigenvalue weighted by molar-refractivity contribution is 0.102. The van der Waals surface area contributed by atoms with Crippen LogP contribution in [0.4, 0.5) is 5.13 Å². The van der Waals surface area contributed by atoms with Crippen molar-refractivity contribution in [2.24, 2.45) is 0 Å². The third-order valence-corrected chi connectivity index (χ3v) is 5.41. The van der Waals surface area contributed by atoms with Crippen LogP contribution in [0.1, 0.15) is 15.2 Å². The zero-order valence-electron chi connectivity index (χ0n) is 14.2. The van der Waals surface area contributed by atoms with Crippen molar-refractivity contribution < 1.29 is 9.53 Å². The van der Waals surface area contributed by atoms with Gasteiger partial charge in [0.05, 0.1) is 18.4 Å². The van der Waals surface area contributed by atoms with Crippen molar-refractivity contribution >= 4 is 34.1 Å². The quantitative estimate of drug-likeness (QED) is 0.635. The number of hydrogen-bond donors (Lipinski definition) is 1. The van der Waals surface area contributed by atoms with Crippen LogP contribution in [-0.2, 0) is 0 Å². The van der Waals surface area contributed by atoms with Crippen LogP contribution in [0.15, 0.2) is 53.4 Å². The van der Waals surface area contributed by atoms with Crippen LogP contribution >= 0.6 is 23.1 Å². The number of methoxy groups -OCH3 is 1. The minimum Gasteiger partial charge on any atom is -0.497 e. The van der Waals surface area contributed by atoms with E-state index in [4.69, 9.17) is 4.74 Å². The fourth-order valence-electron chi connectivity index (χ4n) is 2.46. The maximum Gasteiger partial charge on any atom is 0.258 e. The van der Waals surface area contributed by atoms with Gasteiger partial charge in [-0.05, 0) is 49.6 Å². The van der Waals surface area contributed by atoms with Gasteiger partial charge < -0.3 is 4.74 Å². The van der Waals surface area contributed by atoms with E-state index in [1.807, 2.05) is 61.7 Å². The lowest BCUT2D eigenvalue weighted by atomic mass is 10.1. The summed E-state index contributed by atoms with van der Waals surface area (Å²) in [6.07, 6.45) is 1.96. The Balaban J connectivity index is 1.83. The average Bonchev–Trinajstić information content (AvgIpc) is 3.01. The molecule has 3 rings (SSSR count). The van der Waals surface area contributed by atoms with Gasteiger partial charge in [-0.2, -0.15) is 0 Å². The first kappa shape index (κ1) is 17.5. The first-order valence-corrected chi connectivity index (χ1v) is 9.72. The lowest BCUT2D eigenvalue weighted by Gasteiger charge is -2.06. The van der Waals surface area contributed by atoms with Crippen molar-refractivity contribution in [2.45, 2.75) is 11.8 Å². The molecule has 0 radical (unpaired) electrons. The Bertz CT molecular complexity index is 889. The first-order valence-electron chi connectivity index (χ1n) is 7.68. The number of hydrogen-bond acceptors (Lipinski definition) is 5. The summed E-state index contributed by atoms with van der Waals surface area (Å²) >= 11 is 3.03. The number of carbonyl (C=O) groups is 1. The van der Waals surface area contributed by atoms with Crippen LogP contribution < -0.4 is 10.1 Å². The molecule has 1 aromatic heterocycles. The molecule has 4 nitrogen and oxygen atoms in total. The number of ether oxygens (including phenoxy) is 1. The van der Waals surface area contributed by atoms with E-state index in [9.17, 15) is 4.79 Å². The number of amides is 1. The van der Waals surface area contributed by atoms with Crippen LogP contribution in [0.2, 0.25) is 0 Å². The maximum atomic E-state index is 12.6. The normalized spacial score (nSPS) is 10.5. The van der Waals surface area contributed by atoms with Crippen molar-refractivity contribution in [2.75, 3.05) is 18.7 Å². The molecule has 6 heteroatoms. The van der Waals surface area contributed by atoms with Crippen molar-refractivity contribution in [1.82, 2.24) is 4.98 Å². The van der Waals surface area contributed by atoms with Crippen molar-refractivity contribution in [3.05, 3.63) is 59.0 Å². The van der Waals surface area contributed by atoms with Gasteiger partial charge in [0, 0.05) is 15.3 Å². The van der Waals surface area contributed by atoms with Gasteiger partial charge in [0.2, 0.25) is 0 Å². The molecule has 0 unspecified atom stereocenters. The van der Waals surface area contributed by atoms with Gasteiger partial charge in [-0.15, -0.1) is 23.1 Å². The van der Waals surface area contributed by atoms with E-state index in [1.54, 1.807) is 18.9 Å². The first-order chi connectivity index (χ1) is 12.1. The summed E-state index contributed by atoms with van der Waals surface area (Å²) in [5.74, 6) is 0.666. The number of carbonyl (C=O) groups excluding carboxylic acids is 1. The van der Waals surface area contributed by atoms with Crippen LogP contribution in [0.5, 0.6) is 5.75 Å². The van der Waals surface area contributed by atoms with Gasteiger partial charge in [0.15, 0.2) is 5.13 Å². The second kappa shape index (κ2) is 7.72. The lowest BCUT2D eigenvalue weighted by Crippen LogP contribution is -2.12. The molecule has 0 fully saturated rings. The molecule has 0 aliphatic rings.